The van der Waals surface area contributed by atoms with E-state index in [1.807, 2.05) is 36.4 Å². The molecule has 1 aliphatic heterocycles. The Bertz CT molecular complexity index is 1340. The number of aromatic nitrogens is 3. The highest BCUT2D eigenvalue weighted by Crippen LogP contribution is 2.38. The third-order valence-corrected chi connectivity index (χ3v) is 6.05. The molecule has 0 bridgehead atoms. The van der Waals surface area contributed by atoms with Crippen molar-refractivity contribution in [3.63, 3.8) is 0 Å². The van der Waals surface area contributed by atoms with Crippen LogP contribution in [-0.2, 0) is 26.8 Å². The van der Waals surface area contributed by atoms with E-state index in [2.05, 4.69) is 9.51 Å². The van der Waals surface area contributed by atoms with Crippen molar-refractivity contribution in [3.8, 4) is 0 Å². The van der Waals surface area contributed by atoms with Gasteiger partial charge < -0.3 is 24.7 Å². The summed E-state index contributed by atoms with van der Waals surface area (Å²) in [4.78, 5) is 47.5. The summed E-state index contributed by atoms with van der Waals surface area (Å²) < 4.78 is 22.6. The smallest absolute Gasteiger partial charge is 0.387 e. The van der Waals surface area contributed by atoms with Crippen LogP contribution < -0.4 is 11.2 Å². The number of rotatable bonds is 8. The minimum atomic E-state index is -4.84. The quantitative estimate of drug-likeness (QED) is 0.300. The summed E-state index contributed by atoms with van der Waals surface area (Å²) in [6.07, 6.45) is -2.58. The molecule has 13 heteroatoms. The molecule has 1 aliphatic rings. The predicted molar refractivity (Wildman–Crippen MR) is 121 cm³/mol. The van der Waals surface area contributed by atoms with Crippen molar-refractivity contribution in [1.82, 2.24) is 14.1 Å². The lowest BCUT2D eigenvalue weighted by molar-refractivity contribution is -0.0548. The summed E-state index contributed by atoms with van der Waals surface area (Å²) in [7, 11) is -4.84. The largest absolute Gasteiger partial charge is 0.469 e. The van der Waals surface area contributed by atoms with Gasteiger partial charge in [-0.3, -0.25) is 23.4 Å². The van der Waals surface area contributed by atoms with Crippen LogP contribution in [0.1, 0.15) is 23.0 Å². The molecule has 0 radical (unpaired) electrons. The molecule has 0 amide bonds. The molecule has 0 aliphatic carbocycles. The highest BCUT2D eigenvalue weighted by Gasteiger charge is 2.45. The third-order valence-electron chi connectivity index (χ3n) is 5.57. The number of ether oxygens (including phenoxy) is 1. The van der Waals surface area contributed by atoms with Crippen LogP contribution in [-0.4, -0.2) is 59.0 Å². The number of nitrogens with zero attached hydrogens (tertiary/aromatic N) is 3. The van der Waals surface area contributed by atoms with Gasteiger partial charge in [0, 0.05) is 18.5 Å². The number of phosphoric acid groups is 1. The fraction of sp³-hybridized carbons (Fsp3) is 0.318. The number of pyridine rings is 1. The summed E-state index contributed by atoms with van der Waals surface area (Å²) in [5.41, 5.74) is 1.08. The predicted octanol–water partition coefficient (Wildman–Crippen LogP) is -0.227. The van der Waals surface area contributed by atoms with E-state index >= 15 is 0 Å². The van der Waals surface area contributed by atoms with E-state index in [-0.39, 0.29) is 6.54 Å². The normalized spacial score (nSPS) is 22.4. The molecule has 186 valence electrons. The van der Waals surface area contributed by atoms with E-state index in [4.69, 9.17) is 14.5 Å². The Kier molecular flexibility index (Phi) is 7.43. The van der Waals surface area contributed by atoms with Crippen molar-refractivity contribution in [2.24, 2.45) is 0 Å². The minimum Gasteiger partial charge on any atom is -0.387 e. The molecule has 35 heavy (non-hydrogen) atoms. The van der Waals surface area contributed by atoms with Gasteiger partial charge in [-0.15, -0.1) is 0 Å². The molecule has 0 spiro atoms. The van der Waals surface area contributed by atoms with E-state index in [0.29, 0.717) is 12.1 Å². The number of aliphatic hydroxyl groups is 2. The SMILES string of the molecule is O=c1ccn([C@@H]2O[C@H](COP(=O)(O)O)C(O)C2O)c(=O)n1Cc1cc(Cc2ccccc2)ccn1. The van der Waals surface area contributed by atoms with Gasteiger partial charge in [0.2, 0.25) is 0 Å². The average Bonchev–Trinajstić information content (AvgIpc) is 3.09. The summed E-state index contributed by atoms with van der Waals surface area (Å²) in [5.74, 6) is 0. The van der Waals surface area contributed by atoms with Crippen molar-refractivity contribution in [2.45, 2.75) is 37.5 Å². The van der Waals surface area contributed by atoms with Gasteiger partial charge in [-0.2, -0.15) is 0 Å². The zero-order chi connectivity index (χ0) is 25.2. The van der Waals surface area contributed by atoms with Crippen molar-refractivity contribution < 1.29 is 33.8 Å². The summed E-state index contributed by atoms with van der Waals surface area (Å²) in [6, 6.07) is 14.5. The summed E-state index contributed by atoms with van der Waals surface area (Å²) in [5, 5.41) is 20.6. The first-order chi connectivity index (χ1) is 16.6. The molecule has 4 atom stereocenters. The van der Waals surface area contributed by atoms with Gasteiger partial charge in [0.25, 0.3) is 5.56 Å². The van der Waals surface area contributed by atoms with E-state index in [1.54, 1.807) is 12.3 Å². The van der Waals surface area contributed by atoms with Crippen molar-refractivity contribution >= 4 is 7.82 Å². The molecule has 4 N–H and O–H groups in total. The van der Waals surface area contributed by atoms with E-state index in [9.17, 15) is 24.4 Å². The lowest BCUT2D eigenvalue weighted by atomic mass is 10.1. The number of hydrogen-bond acceptors (Lipinski definition) is 8. The first-order valence-electron chi connectivity index (χ1n) is 10.6. The third kappa shape index (κ3) is 6.00. The summed E-state index contributed by atoms with van der Waals surface area (Å²) in [6.45, 7) is -0.858. The molecule has 1 saturated heterocycles. The number of benzene rings is 1. The Labute approximate surface area is 198 Å². The fourth-order valence-corrected chi connectivity index (χ4v) is 4.20. The Morgan fingerprint density at radius 3 is 2.49 bits per heavy atom. The molecule has 1 aromatic carbocycles. The molecule has 12 nitrogen and oxygen atoms in total. The topological polar surface area (TPSA) is 173 Å². The molecular weight excluding hydrogens is 481 g/mol. The number of phosphoric ester groups is 1. The Morgan fingerprint density at radius 2 is 1.77 bits per heavy atom. The number of hydrogen-bond donors (Lipinski definition) is 4. The first kappa shape index (κ1) is 25.1. The van der Waals surface area contributed by atoms with Gasteiger partial charge in [0.15, 0.2) is 6.23 Å². The van der Waals surface area contributed by atoms with Gasteiger partial charge in [-0.05, 0) is 29.7 Å². The highest BCUT2D eigenvalue weighted by molar-refractivity contribution is 7.46. The van der Waals surface area contributed by atoms with Crippen LogP contribution in [0.15, 0.2) is 70.5 Å². The van der Waals surface area contributed by atoms with Crippen molar-refractivity contribution in [3.05, 3.63) is 98.6 Å². The standard InChI is InChI=1S/C22H24N3O9P/c26-18-7-9-24(21-20(28)19(27)17(34-21)13-33-35(30,31)32)22(29)25(18)12-16-11-15(6-8-23-16)10-14-4-2-1-3-5-14/h1-9,11,17,19-21,27-28H,10,12-13H2,(H2,30,31,32)/t17-,19?,20?,21-/m1/s1. The second-order valence-electron chi connectivity index (χ2n) is 8.08. The molecular formula is C22H24N3O9P. The maximum absolute atomic E-state index is 13.1. The number of aliphatic hydroxyl groups excluding tert-OH is 2. The van der Waals surface area contributed by atoms with Crippen LogP contribution in [0, 0.1) is 0 Å². The molecule has 2 unspecified atom stereocenters. The Morgan fingerprint density at radius 1 is 1.03 bits per heavy atom. The van der Waals surface area contributed by atoms with E-state index < -0.39 is 50.2 Å². The second kappa shape index (κ2) is 10.3. The van der Waals surface area contributed by atoms with Crippen LogP contribution >= 0.6 is 7.82 Å². The average molecular weight is 505 g/mol. The van der Waals surface area contributed by atoms with Crippen LogP contribution in [0.3, 0.4) is 0 Å². The molecule has 0 saturated carbocycles. The summed E-state index contributed by atoms with van der Waals surface area (Å²) >= 11 is 0. The Hall–Kier alpha value is -2.96. The van der Waals surface area contributed by atoms with Crippen LogP contribution in [0.2, 0.25) is 0 Å². The zero-order valence-corrected chi connectivity index (χ0v) is 19.2. The van der Waals surface area contributed by atoms with Crippen LogP contribution in [0.4, 0.5) is 0 Å². The van der Waals surface area contributed by atoms with Crippen molar-refractivity contribution in [2.75, 3.05) is 6.61 Å². The molecule has 4 rings (SSSR count). The lowest BCUT2D eigenvalue weighted by Gasteiger charge is -2.18. The second-order valence-corrected chi connectivity index (χ2v) is 9.32. The fourth-order valence-electron chi connectivity index (χ4n) is 3.86. The minimum absolute atomic E-state index is 0.142. The van der Waals surface area contributed by atoms with Gasteiger partial charge in [0.1, 0.15) is 18.3 Å². The highest BCUT2D eigenvalue weighted by atomic mass is 31.2. The van der Waals surface area contributed by atoms with Gasteiger partial charge >= 0.3 is 13.5 Å². The molecule has 3 aromatic rings. The lowest BCUT2D eigenvalue weighted by Crippen LogP contribution is -2.43. The first-order valence-corrected chi connectivity index (χ1v) is 12.2. The van der Waals surface area contributed by atoms with E-state index in [1.165, 1.54) is 0 Å². The van der Waals surface area contributed by atoms with Crippen LogP contribution in [0.5, 0.6) is 0 Å². The maximum atomic E-state index is 13.1. The van der Waals surface area contributed by atoms with Gasteiger partial charge in [-0.1, -0.05) is 30.3 Å². The monoisotopic (exact) mass is 505 g/mol. The van der Waals surface area contributed by atoms with Crippen LogP contribution in [0.25, 0.3) is 0 Å². The van der Waals surface area contributed by atoms with Gasteiger partial charge in [0.05, 0.1) is 18.8 Å². The van der Waals surface area contributed by atoms with Gasteiger partial charge in [-0.25, -0.2) is 9.36 Å². The van der Waals surface area contributed by atoms with E-state index in [0.717, 1.165) is 32.5 Å². The maximum Gasteiger partial charge on any atom is 0.469 e. The Balaban J connectivity index is 1.56. The molecule has 2 aromatic heterocycles. The zero-order valence-electron chi connectivity index (χ0n) is 18.3. The molecule has 3 heterocycles. The molecule has 1 fully saturated rings. The van der Waals surface area contributed by atoms with Crippen molar-refractivity contribution in [1.29, 1.82) is 0 Å².